The molecule has 1 aromatic rings. The molecule has 0 atom stereocenters. The Morgan fingerprint density at radius 2 is 2.23 bits per heavy atom. The number of rotatable bonds is 3. The lowest BCUT2D eigenvalue weighted by Crippen LogP contribution is -2.24. The number of thiophene rings is 1. The molecule has 0 radical (unpaired) electrons. The molecule has 6 heteroatoms. The number of alkyl halides is 1. The molecule has 0 aliphatic carbocycles. The Labute approximate surface area is 94.8 Å². The van der Waals surface area contributed by atoms with Crippen molar-refractivity contribution >= 4 is 52.0 Å². The maximum Gasteiger partial charge on any atom is 0.253 e. The van der Waals surface area contributed by atoms with Crippen LogP contribution in [-0.2, 0) is 0 Å². The molecule has 13 heavy (non-hydrogen) atoms. The zero-order valence-electron chi connectivity index (χ0n) is 6.44. The van der Waals surface area contributed by atoms with Crippen molar-refractivity contribution in [2.45, 2.75) is 0 Å². The Balaban J connectivity index is 2.70. The minimum atomic E-state index is -0.242. The molecule has 0 bridgehead atoms. The predicted octanol–water partition coefficient (Wildman–Crippen LogP) is 3.02. The topological polar surface area (TPSA) is 29.1 Å². The molecule has 1 aromatic heterocycles. The molecule has 1 heterocycles. The molecule has 0 spiro atoms. The van der Waals surface area contributed by atoms with E-state index in [9.17, 15) is 4.79 Å². The van der Waals surface area contributed by atoms with Crippen molar-refractivity contribution in [1.29, 1.82) is 0 Å². The van der Waals surface area contributed by atoms with Crippen molar-refractivity contribution in [2.75, 3.05) is 12.4 Å². The van der Waals surface area contributed by atoms with Gasteiger partial charge >= 0.3 is 0 Å². The van der Waals surface area contributed by atoms with Gasteiger partial charge in [0.05, 0.1) is 9.90 Å². The summed E-state index contributed by atoms with van der Waals surface area (Å²) in [5.41, 5.74) is 0.404. The van der Waals surface area contributed by atoms with E-state index in [0.29, 0.717) is 26.7 Å². The summed E-state index contributed by atoms with van der Waals surface area (Å²) in [6, 6.07) is 1.54. The smallest absolute Gasteiger partial charge is 0.253 e. The number of carbonyl (C=O) groups excluding carboxylic acids is 1. The van der Waals surface area contributed by atoms with Crippen LogP contribution < -0.4 is 5.32 Å². The summed E-state index contributed by atoms with van der Waals surface area (Å²) in [4.78, 5) is 11.3. The zero-order valence-corrected chi connectivity index (χ0v) is 9.53. The number of hydrogen-bond donors (Lipinski definition) is 1. The predicted molar refractivity (Wildman–Crippen MR) is 57.4 cm³/mol. The molecule has 72 valence electrons. The Bertz CT molecular complexity index is 313. The number of hydrogen-bond acceptors (Lipinski definition) is 2. The number of carbonyl (C=O) groups is 1. The van der Waals surface area contributed by atoms with Crippen LogP contribution in [0.2, 0.25) is 8.67 Å². The van der Waals surface area contributed by atoms with E-state index in [1.54, 1.807) is 0 Å². The van der Waals surface area contributed by atoms with Crippen molar-refractivity contribution in [1.82, 2.24) is 5.32 Å². The van der Waals surface area contributed by atoms with Crippen molar-refractivity contribution in [3.05, 3.63) is 20.3 Å². The fourth-order valence-corrected chi connectivity index (χ4v) is 2.30. The van der Waals surface area contributed by atoms with Gasteiger partial charge in [0.1, 0.15) is 4.34 Å². The van der Waals surface area contributed by atoms with Crippen LogP contribution in [0.3, 0.4) is 0 Å². The first-order chi connectivity index (χ1) is 6.15. The molecule has 0 fully saturated rings. The zero-order chi connectivity index (χ0) is 9.84. The lowest BCUT2D eigenvalue weighted by molar-refractivity contribution is 0.0956. The van der Waals surface area contributed by atoms with E-state index in [0.717, 1.165) is 0 Å². The summed E-state index contributed by atoms with van der Waals surface area (Å²) in [6.45, 7) is 0.421. The van der Waals surface area contributed by atoms with E-state index in [-0.39, 0.29) is 5.91 Å². The summed E-state index contributed by atoms with van der Waals surface area (Å²) in [5, 5.41) is 2.60. The van der Waals surface area contributed by atoms with Gasteiger partial charge in [0.25, 0.3) is 5.91 Å². The second-order valence-corrected chi connectivity index (χ2v) is 4.85. The van der Waals surface area contributed by atoms with Crippen LogP contribution >= 0.6 is 46.1 Å². The lowest BCUT2D eigenvalue weighted by Gasteiger charge is -1.99. The molecule has 2 nitrogen and oxygen atoms in total. The van der Waals surface area contributed by atoms with Crippen molar-refractivity contribution in [3.63, 3.8) is 0 Å². The Morgan fingerprint density at radius 1 is 1.54 bits per heavy atom. The van der Waals surface area contributed by atoms with E-state index < -0.39 is 0 Å². The largest absolute Gasteiger partial charge is 0.351 e. The molecular formula is C7H6Cl3NOS. The molecule has 1 rings (SSSR count). The second-order valence-electron chi connectivity index (χ2n) is 2.18. The Kier molecular flexibility index (Phi) is 4.32. The SMILES string of the molecule is O=C(NCCCl)c1cc(Cl)sc1Cl. The number of halogens is 3. The molecule has 1 amide bonds. The molecule has 0 saturated carbocycles. The van der Waals surface area contributed by atoms with Gasteiger partial charge in [0.2, 0.25) is 0 Å². The highest BCUT2D eigenvalue weighted by atomic mass is 35.5. The van der Waals surface area contributed by atoms with Gasteiger partial charge in [-0.15, -0.1) is 22.9 Å². The standard InChI is InChI=1S/C7H6Cl3NOS/c8-1-2-11-7(12)4-3-5(9)13-6(4)10/h3H,1-2H2,(H,11,12). The van der Waals surface area contributed by atoms with E-state index >= 15 is 0 Å². The maximum absolute atomic E-state index is 11.3. The maximum atomic E-state index is 11.3. The third kappa shape index (κ3) is 3.02. The van der Waals surface area contributed by atoms with Crippen LogP contribution in [0, 0.1) is 0 Å². The van der Waals surface area contributed by atoms with Crippen LogP contribution in [0.4, 0.5) is 0 Å². The normalized spacial score (nSPS) is 10.1. The third-order valence-electron chi connectivity index (χ3n) is 1.28. The van der Waals surface area contributed by atoms with Gasteiger partial charge in [-0.1, -0.05) is 23.2 Å². The monoisotopic (exact) mass is 257 g/mol. The summed E-state index contributed by atoms with van der Waals surface area (Å²) in [6.07, 6.45) is 0. The van der Waals surface area contributed by atoms with Crippen LogP contribution in [0.15, 0.2) is 6.07 Å². The first kappa shape index (κ1) is 11.1. The van der Waals surface area contributed by atoms with E-state index in [1.165, 1.54) is 17.4 Å². The van der Waals surface area contributed by atoms with Crippen LogP contribution in [-0.4, -0.2) is 18.3 Å². The molecule has 0 aliphatic heterocycles. The molecule has 0 aromatic carbocycles. The fourth-order valence-electron chi connectivity index (χ4n) is 0.751. The second kappa shape index (κ2) is 5.05. The van der Waals surface area contributed by atoms with Gasteiger partial charge in [-0.05, 0) is 6.07 Å². The van der Waals surface area contributed by atoms with E-state index in [2.05, 4.69) is 5.32 Å². The number of amides is 1. The quantitative estimate of drug-likeness (QED) is 0.830. The van der Waals surface area contributed by atoms with E-state index in [4.69, 9.17) is 34.8 Å². The van der Waals surface area contributed by atoms with Gasteiger partial charge in [0, 0.05) is 12.4 Å². The molecule has 0 saturated heterocycles. The summed E-state index contributed by atoms with van der Waals surface area (Å²) >= 11 is 18.0. The summed E-state index contributed by atoms with van der Waals surface area (Å²) in [5.74, 6) is 0.134. The Morgan fingerprint density at radius 3 is 2.69 bits per heavy atom. The minimum Gasteiger partial charge on any atom is -0.351 e. The molecule has 0 aliphatic rings. The van der Waals surface area contributed by atoms with E-state index in [1.807, 2.05) is 0 Å². The van der Waals surface area contributed by atoms with Gasteiger partial charge < -0.3 is 5.32 Å². The summed E-state index contributed by atoms with van der Waals surface area (Å²) in [7, 11) is 0. The summed E-state index contributed by atoms with van der Waals surface area (Å²) < 4.78 is 0.901. The van der Waals surface area contributed by atoms with Crippen LogP contribution in [0.25, 0.3) is 0 Å². The number of nitrogens with one attached hydrogen (secondary N) is 1. The van der Waals surface area contributed by atoms with Gasteiger partial charge in [-0.25, -0.2) is 0 Å². The first-order valence-electron chi connectivity index (χ1n) is 3.44. The van der Waals surface area contributed by atoms with Gasteiger partial charge in [-0.3, -0.25) is 4.79 Å². The lowest BCUT2D eigenvalue weighted by atomic mass is 10.3. The highest BCUT2D eigenvalue weighted by Gasteiger charge is 2.12. The molecular weight excluding hydrogens is 253 g/mol. The highest BCUT2D eigenvalue weighted by Crippen LogP contribution is 2.30. The van der Waals surface area contributed by atoms with Crippen molar-refractivity contribution < 1.29 is 4.79 Å². The van der Waals surface area contributed by atoms with Crippen LogP contribution in [0.1, 0.15) is 10.4 Å². The van der Waals surface area contributed by atoms with Gasteiger partial charge in [0.15, 0.2) is 0 Å². The van der Waals surface area contributed by atoms with Crippen LogP contribution in [0.5, 0.6) is 0 Å². The molecule has 0 unspecified atom stereocenters. The fraction of sp³-hybridized carbons (Fsp3) is 0.286. The Hall–Kier alpha value is 0.0400. The first-order valence-corrected chi connectivity index (χ1v) is 5.55. The highest BCUT2D eigenvalue weighted by molar-refractivity contribution is 7.20. The third-order valence-corrected chi connectivity index (χ3v) is 2.96. The molecule has 1 N–H and O–H groups in total. The average molecular weight is 259 g/mol. The van der Waals surface area contributed by atoms with Crippen molar-refractivity contribution in [3.8, 4) is 0 Å². The minimum absolute atomic E-state index is 0.242. The van der Waals surface area contributed by atoms with Gasteiger partial charge in [-0.2, -0.15) is 0 Å². The average Bonchev–Trinajstić information content (AvgIpc) is 2.41. The van der Waals surface area contributed by atoms with Crippen molar-refractivity contribution in [2.24, 2.45) is 0 Å².